The molecule has 2 amide bonds. The van der Waals surface area contributed by atoms with Crippen molar-refractivity contribution in [2.45, 2.75) is 50.6 Å². The van der Waals surface area contributed by atoms with Gasteiger partial charge < -0.3 is 10.2 Å². The molecule has 1 saturated heterocycles. The van der Waals surface area contributed by atoms with Crippen LogP contribution >= 0.6 is 11.8 Å². The molecule has 5 heteroatoms. The van der Waals surface area contributed by atoms with Crippen molar-refractivity contribution in [1.29, 1.82) is 0 Å². The second-order valence-electron chi connectivity index (χ2n) is 5.27. The summed E-state index contributed by atoms with van der Waals surface area (Å²) < 4.78 is 0. The molecular weight excluding hydrogens is 248 g/mol. The Balaban J connectivity index is 2.25. The van der Waals surface area contributed by atoms with Crippen LogP contribution in [0.15, 0.2) is 0 Å². The van der Waals surface area contributed by atoms with Crippen LogP contribution in [0.1, 0.15) is 39.0 Å². The number of nitrogens with zero attached hydrogens (tertiary/aromatic N) is 1. The van der Waals surface area contributed by atoms with Gasteiger partial charge in [-0.2, -0.15) is 11.8 Å². The minimum atomic E-state index is -0.544. The maximum atomic E-state index is 12.4. The lowest BCUT2D eigenvalue weighted by Gasteiger charge is -2.49. The standard InChI is InChI=1S/C13H22N2O2S/c1-10-11(16)15(8-9-18-2)13(12(17)14-10)6-4-3-5-7-13/h10H,3-9H2,1-2H3,(H,14,17). The van der Waals surface area contributed by atoms with Gasteiger partial charge in [0.15, 0.2) is 0 Å². The molecule has 18 heavy (non-hydrogen) atoms. The largest absolute Gasteiger partial charge is 0.343 e. The molecule has 1 atom stereocenters. The van der Waals surface area contributed by atoms with Crippen LogP contribution in [0.2, 0.25) is 0 Å². The molecule has 1 N–H and O–H groups in total. The van der Waals surface area contributed by atoms with Crippen LogP contribution in [0.3, 0.4) is 0 Å². The summed E-state index contributed by atoms with van der Waals surface area (Å²) in [5, 5.41) is 2.86. The second kappa shape index (κ2) is 5.51. The van der Waals surface area contributed by atoms with E-state index in [4.69, 9.17) is 0 Å². The van der Waals surface area contributed by atoms with Gasteiger partial charge in [-0.15, -0.1) is 0 Å². The number of hydrogen-bond acceptors (Lipinski definition) is 3. The number of hydrogen-bond donors (Lipinski definition) is 1. The summed E-state index contributed by atoms with van der Waals surface area (Å²) >= 11 is 1.72. The molecule has 2 aliphatic rings. The third-order valence-corrected chi connectivity index (χ3v) is 4.71. The smallest absolute Gasteiger partial charge is 0.246 e. The Morgan fingerprint density at radius 3 is 2.61 bits per heavy atom. The highest BCUT2D eigenvalue weighted by molar-refractivity contribution is 7.98. The van der Waals surface area contributed by atoms with Crippen molar-refractivity contribution in [3.8, 4) is 0 Å². The van der Waals surface area contributed by atoms with Crippen molar-refractivity contribution in [1.82, 2.24) is 10.2 Å². The zero-order chi connectivity index (χ0) is 13.2. The number of nitrogens with one attached hydrogen (secondary N) is 1. The number of carbonyl (C=O) groups excluding carboxylic acids is 2. The van der Waals surface area contributed by atoms with Crippen LogP contribution in [0.5, 0.6) is 0 Å². The highest BCUT2D eigenvalue weighted by atomic mass is 32.2. The summed E-state index contributed by atoms with van der Waals surface area (Å²) in [5.41, 5.74) is -0.544. The van der Waals surface area contributed by atoms with E-state index < -0.39 is 5.54 Å². The van der Waals surface area contributed by atoms with E-state index in [0.29, 0.717) is 6.54 Å². The fraction of sp³-hybridized carbons (Fsp3) is 0.846. The molecule has 0 radical (unpaired) electrons. The van der Waals surface area contributed by atoms with Crippen LogP contribution in [0.25, 0.3) is 0 Å². The molecule has 0 aromatic carbocycles. The predicted octanol–water partition coefficient (Wildman–Crippen LogP) is 1.40. The van der Waals surface area contributed by atoms with Gasteiger partial charge in [-0.25, -0.2) is 0 Å². The molecule has 0 bridgehead atoms. The van der Waals surface area contributed by atoms with E-state index in [9.17, 15) is 9.59 Å². The number of rotatable bonds is 3. The average Bonchev–Trinajstić information content (AvgIpc) is 2.38. The summed E-state index contributed by atoms with van der Waals surface area (Å²) in [6.07, 6.45) is 6.95. The zero-order valence-electron chi connectivity index (χ0n) is 11.2. The zero-order valence-corrected chi connectivity index (χ0v) is 12.0. The highest BCUT2D eigenvalue weighted by Gasteiger charge is 2.51. The Morgan fingerprint density at radius 1 is 1.33 bits per heavy atom. The Bertz CT molecular complexity index is 340. The van der Waals surface area contributed by atoms with E-state index in [0.717, 1.165) is 31.4 Å². The molecule has 0 aromatic heterocycles. The molecule has 4 nitrogen and oxygen atoms in total. The average molecular weight is 270 g/mol. The summed E-state index contributed by atoms with van der Waals surface area (Å²) in [7, 11) is 0. The minimum Gasteiger partial charge on any atom is -0.343 e. The summed E-state index contributed by atoms with van der Waals surface area (Å²) in [5.74, 6) is 1.05. The lowest BCUT2D eigenvalue weighted by Crippen LogP contribution is -2.70. The van der Waals surface area contributed by atoms with E-state index in [1.165, 1.54) is 6.42 Å². The van der Waals surface area contributed by atoms with Crippen molar-refractivity contribution in [2.24, 2.45) is 0 Å². The lowest BCUT2D eigenvalue weighted by molar-refractivity contribution is -0.159. The molecule has 0 aromatic rings. The molecule has 2 fully saturated rings. The first-order valence-electron chi connectivity index (χ1n) is 6.73. The van der Waals surface area contributed by atoms with E-state index in [-0.39, 0.29) is 17.9 Å². The van der Waals surface area contributed by atoms with Crippen molar-refractivity contribution in [3.05, 3.63) is 0 Å². The van der Waals surface area contributed by atoms with Crippen LogP contribution in [0, 0.1) is 0 Å². The van der Waals surface area contributed by atoms with Crippen LogP contribution in [-0.4, -0.2) is 46.8 Å². The molecular formula is C13H22N2O2S. The van der Waals surface area contributed by atoms with E-state index in [1.54, 1.807) is 18.7 Å². The summed E-state index contributed by atoms with van der Waals surface area (Å²) in [4.78, 5) is 26.6. The summed E-state index contributed by atoms with van der Waals surface area (Å²) in [6.45, 7) is 2.47. The minimum absolute atomic E-state index is 0.0652. The van der Waals surface area contributed by atoms with E-state index in [1.807, 2.05) is 11.2 Å². The van der Waals surface area contributed by atoms with E-state index in [2.05, 4.69) is 5.32 Å². The quantitative estimate of drug-likeness (QED) is 0.843. The first-order valence-corrected chi connectivity index (χ1v) is 8.12. The highest BCUT2D eigenvalue weighted by Crippen LogP contribution is 2.36. The molecule has 2 rings (SSSR count). The van der Waals surface area contributed by atoms with Gasteiger partial charge in [-0.3, -0.25) is 9.59 Å². The Kier molecular flexibility index (Phi) is 4.20. The molecule has 1 aliphatic heterocycles. The third-order valence-electron chi connectivity index (χ3n) is 4.12. The molecule has 1 aliphatic carbocycles. The SMILES string of the molecule is CSCCN1C(=O)C(C)NC(=O)C12CCCCC2. The van der Waals surface area contributed by atoms with Crippen LogP contribution < -0.4 is 5.32 Å². The van der Waals surface area contributed by atoms with Gasteiger partial charge in [0.25, 0.3) is 0 Å². The first kappa shape index (κ1) is 13.7. The van der Waals surface area contributed by atoms with Crippen molar-refractivity contribution < 1.29 is 9.59 Å². The molecule has 1 saturated carbocycles. The molecule has 1 heterocycles. The summed E-state index contributed by atoms with van der Waals surface area (Å²) in [6, 6.07) is -0.369. The number of thioether (sulfide) groups is 1. The monoisotopic (exact) mass is 270 g/mol. The van der Waals surface area contributed by atoms with Gasteiger partial charge in [0.2, 0.25) is 11.8 Å². The molecule has 1 unspecified atom stereocenters. The van der Waals surface area contributed by atoms with Crippen molar-refractivity contribution in [3.63, 3.8) is 0 Å². The Hall–Kier alpha value is -0.710. The fourth-order valence-corrected chi connectivity index (χ4v) is 3.47. The third kappa shape index (κ3) is 2.25. The normalized spacial score (nSPS) is 27.4. The second-order valence-corrected chi connectivity index (χ2v) is 6.26. The van der Waals surface area contributed by atoms with Crippen LogP contribution in [-0.2, 0) is 9.59 Å². The van der Waals surface area contributed by atoms with Gasteiger partial charge >= 0.3 is 0 Å². The van der Waals surface area contributed by atoms with Gasteiger partial charge in [0, 0.05) is 12.3 Å². The van der Waals surface area contributed by atoms with E-state index >= 15 is 0 Å². The Morgan fingerprint density at radius 2 is 2.00 bits per heavy atom. The topological polar surface area (TPSA) is 49.4 Å². The number of amides is 2. The number of carbonyl (C=O) groups is 2. The fourth-order valence-electron chi connectivity index (χ4n) is 3.10. The van der Waals surface area contributed by atoms with Gasteiger partial charge in [0.05, 0.1) is 0 Å². The Labute approximate surface area is 113 Å². The van der Waals surface area contributed by atoms with Gasteiger partial charge in [-0.05, 0) is 26.0 Å². The lowest BCUT2D eigenvalue weighted by atomic mass is 9.77. The first-order chi connectivity index (χ1) is 8.62. The maximum Gasteiger partial charge on any atom is 0.246 e. The van der Waals surface area contributed by atoms with Crippen molar-refractivity contribution in [2.75, 3.05) is 18.6 Å². The predicted molar refractivity (Wildman–Crippen MR) is 73.5 cm³/mol. The van der Waals surface area contributed by atoms with Gasteiger partial charge in [0.1, 0.15) is 11.6 Å². The van der Waals surface area contributed by atoms with Crippen molar-refractivity contribution >= 4 is 23.6 Å². The molecule has 102 valence electrons. The molecule has 1 spiro atoms. The van der Waals surface area contributed by atoms with Crippen LogP contribution in [0.4, 0.5) is 0 Å². The van der Waals surface area contributed by atoms with Gasteiger partial charge in [-0.1, -0.05) is 19.3 Å². The maximum absolute atomic E-state index is 12.4. The number of piperazine rings is 1.